The van der Waals surface area contributed by atoms with Gasteiger partial charge in [-0.25, -0.2) is 9.07 Å². The van der Waals surface area contributed by atoms with Crippen LogP contribution in [0.1, 0.15) is 64.7 Å². The fourth-order valence-corrected chi connectivity index (χ4v) is 9.20. The van der Waals surface area contributed by atoms with Crippen molar-refractivity contribution in [3.8, 4) is 0 Å². The first kappa shape index (κ1) is 23.5. The van der Waals surface area contributed by atoms with E-state index in [0.717, 1.165) is 44.4 Å². The van der Waals surface area contributed by atoms with Gasteiger partial charge in [-0.1, -0.05) is 12.1 Å². The molecule has 1 heterocycles. The third-order valence-electron chi connectivity index (χ3n) is 10.7. The number of aromatic nitrogens is 3. The zero-order valence-corrected chi connectivity index (χ0v) is 21.0. The minimum absolute atomic E-state index is 0.0390. The number of carbonyl (C=O) groups is 1. The standard InChI is InChI=1S/C28H38FN3O3/c1-27-11-9-20-19-10-12-28(34,16-35-2)14-17(19)3-5-21(20)22(27)6-7-23(27)26(33)15-32-25-13-18(29)4-8-24(25)30-31-32/h4,8,13,17,19-23,34H,3,5-7,9-12,14-16H2,1-2H3/t17?,19-,20+,21+,22-,23+,27-,28+/m0/s1. The summed E-state index contributed by atoms with van der Waals surface area (Å²) in [6, 6.07) is 4.41. The van der Waals surface area contributed by atoms with Gasteiger partial charge in [-0.3, -0.25) is 4.79 Å². The molecule has 8 atom stereocenters. The second-order valence-electron chi connectivity index (χ2n) is 12.4. The SMILES string of the molecule is COC[C@@]1(O)CC[C@H]2C(CC[C@@H]3[C@@H]2CC[C@]2(C)[C@@H](C(=O)Cn4nnc5ccc(F)cc54)CC[C@@H]32)C1. The minimum Gasteiger partial charge on any atom is -0.387 e. The van der Waals surface area contributed by atoms with Crippen molar-refractivity contribution in [3.05, 3.63) is 24.0 Å². The van der Waals surface area contributed by atoms with Crippen LogP contribution in [0.15, 0.2) is 18.2 Å². The number of hydrogen-bond donors (Lipinski definition) is 1. The van der Waals surface area contributed by atoms with Crippen LogP contribution >= 0.6 is 0 Å². The van der Waals surface area contributed by atoms with E-state index in [1.165, 1.54) is 31.4 Å². The summed E-state index contributed by atoms with van der Waals surface area (Å²) in [7, 11) is 1.68. The van der Waals surface area contributed by atoms with E-state index in [0.29, 0.717) is 41.3 Å². The number of rotatable bonds is 5. The predicted octanol–water partition coefficient (Wildman–Crippen LogP) is 4.79. The zero-order valence-electron chi connectivity index (χ0n) is 21.0. The zero-order chi connectivity index (χ0) is 24.4. The Kier molecular flexibility index (Phi) is 5.79. The monoisotopic (exact) mass is 483 g/mol. The van der Waals surface area contributed by atoms with Crippen molar-refractivity contribution in [2.45, 2.75) is 76.9 Å². The van der Waals surface area contributed by atoms with Crippen molar-refractivity contribution in [1.82, 2.24) is 15.0 Å². The van der Waals surface area contributed by atoms with E-state index in [-0.39, 0.29) is 29.5 Å². The number of carbonyl (C=O) groups excluding carboxylic acids is 1. The average Bonchev–Trinajstić information content (AvgIpc) is 3.39. The maximum absolute atomic E-state index is 13.8. The van der Waals surface area contributed by atoms with Gasteiger partial charge in [0.25, 0.3) is 0 Å². The summed E-state index contributed by atoms with van der Waals surface area (Å²) in [5, 5.41) is 19.3. The summed E-state index contributed by atoms with van der Waals surface area (Å²) >= 11 is 0. The molecule has 4 aliphatic carbocycles. The predicted molar refractivity (Wildman–Crippen MR) is 130 cm³/mol. The largest absolute Gasteiger partial charge is 0.387 e. The van der Waals surface area contributed by atoms with Crippen LogP contribution in [0.25, 0.3) is 11.0 Å². The molecule has 2 aromatic rings. The number of hydrogen-bond acceptors (Lipinski definition) is 5. The molecule has 1 aromatic heterocycles. The molecule has 35 heavy (non-hydrogen) atoms. The van der Waals surface area contributed by atoms with Gasteiger partial charge in [-0.05, 0) is 105 Å². The lowest BCUT2D eigenvalue weighted by Crippen LogP contribution is -2.52. The van der Waals surface area contributed by atoms with Crippen LogP contribution in [0.3, 0.4) is 0 Å². The Hall–Kier alpha value is -1.86. The summed E-state index contributed by atoms with van der Waals surface area (Å²) < 4.78 is 20.7. The molecule has 0 amide bonds. The molecule has 4 aliphatic rings. The first-order valence-corrected chi connectivity index (χ1v) is 13.5. The van der Waals surface area contributed by atoms with E-state index in [4.69, 9.17) is 4.74 Å². The Labute approximate surface area is 206 Å². The van der Waals surface area contributed by atoms with Gasteiger partial charge in [0.15, 0.2) is 5.78 Å². The van der Waals surface area contributed by atoms with Crippen molar-refractivity contribution in [2.24, 2.45) is 40.9 Å². The second kappa shape index (κ2) is 8.62. The van der Waals surface area contributed by atoms with Crippen molar-refractivity contribution in [3.63, 3.8) is 0 Å². The lowest BCUT2D eigenvalue weighted by Gasteiger charge is -2.57. The van der Waals surface area contributed by atoms with E-state index in [2.05, 4.69) is 17.2 Å². The first-order chi connectivity index (χ1) is 16.8. The Morgan fingerprint density at radius 2 is 1.97 bits per heavy atom. The molecule has 0 radical (unpaired) electrons. The number of methoxy groups -OCH3 is 1. The average molecular weight is 484 g/mol. The highest BCUT2D eigenvalue weighted by Crippen LogP contribution is 2.64. The molecule has 7 heteroatoms. The smallest absolute Gasteiger partial charge is 0.157 e. The Bertz CT molecular complexity index is 1120. The summed E-state index contributed by atoms with van der Waals surface area (Å²) in [6.07, 6.45) is 9.63. The van der Waals surface area contributed by atoms with Crippen molar-refractivity contribution >= 4 is 16.8 Å². The van der Waals surface area contributed by atoms with Crippen LogP contribution in [0.5, 0.6) is 0 Å². The lowest BCUT2D eigenvalue weighted by atomic mass is 9.49. The third kappa shape index (κ3) is 3.85. The summed E-state index contributed by atoms with van der Waals surface area (Å²) in [6.45, 7) is 2.99. The van der Waals surface area contributed by atoms with Crippen LogP contribution in [0, 0.1) is 46.7 Å². The quantitative estimate of drug-likeness (QED) is 0.662. The van der Waals surface area contributed by atoms with Crippen LogP contribution in [-0.4, -0.2) is 45.2 Å². The number of benzene rings is 1. The Morgan fingerprint density at radius 1 is 1.14 bits per heavy atom. The second-order valence-corrected chi connectivity index (χ2v) is 12.4. The molecular formula is C28H38FN3O3. The molecule has 6 nitrogen and oxygen atoms in total. The maximum atomic E-state index is 13.8. The van der Waals surface area contributed by atoms with Crippen LogP contribution in [0.2, 0.25) is 0 Å². The van der Waals surface area contributed by atoms with Gasteiger partial charge in [-0.15, -0.1) is 5.10 Å². The van der Waals surface area contributed by atoms with E-state index >= 15 is 0 Å². The Morgan fingerprint density at radius 3 is 2.80 bits per heavy atom. The van der Waals surface area contributed by atoms with E-state index < -0.39 is 5.60 Å². The summed E-state index contributed by atoms with van der Waals surface area (Å²) in [5.41, 5.74) is 0.603. The number of fused-ring (bicyclic) bond motifs is 6. The fourth-order valence-electron chi connectivity index (χ4n) is 9.20. The number of Topliss-reactive ketones (excluding diaryl/α,β-unsaturated/α-hetero) is 1. The lowest BCUT2D eigenvalue weighted by molar-refractivity contribution is -0.136. The third-order valence-corrected chi connectivity index (χ3v) is 10.7. The molecule has 1 unspecified atom stereocenters. The van der Waals surface area contributed by atoms with Crippen molar-refractivity contribution < 1.29 is 19.0 Å². The number of aliphatic hydroxyl groups is 1. The summed E-state index contributed by atoms with van der Waals surface area (Å²) in [4.78, 5) is 13.6. The molecule has 190 valence electrons. The Balaban J connectivity index is 1.17. The van der Waals surface area contributed by atoms with Crippen LogP contribution in [-0.2, 0) is 16.1 Å². The molecule has 6 rings (SSSR count). The van der Waals surface area contributed by atoms with Gasteiger partial charge in [0, 0.05) is 19.1 Å². The fraction of sp³-hybridized carbons (Fsp3) is 0.750. The van der Waals surface area contributed by atoms with E-state index in [1.807, 2.05) is 0 Å². The van der Waals surface area contributed by atoms with Crippen LogP contribution < -0.4 is 0 Å². The molecular weight excluding hydrogens is 445 g/mol. The van der Waals surface area contributed by atoms with Gasteiger partial charge >= 0.3 is 0 Å². The summed E-state index contributed by atoms with van der Waals surface area (Å²) in [5.74, 6) is 3.27. The minimum atomic E-state index is -0.648. The maximum Gasteiger partial charge on any atom is 0.157 e. The van der Waals surface area contributed by atoms with Gasteiger partial charge in [0.1, 0.15) is 17.9 Å². The highest BCUT2D eigenvalue weighted by atomic mass is 19.1. The molecule has 1 N–H and O–H groups in total. The number of nitrogens with zero attached hydrogens (tertiary/aromatic N) is 3. The van der Waals surface area contributed by atoms with Gasteiger partial charge in [0.2, 0.25) is 0 Å². The molecule has 0 bridgehead atoms. The van der Waals surface area contributed by atoms with Gasteiger partial charge in [0.05, 0.1) is 17.7 Å². The first-order valence-electron chi connectivity index (χ1n) is 13.5. The number of ether oxygens (including phenoxy) is 1. The molecule has 4 fully saturated rings. The highest BCUT2D eigenvalue weighted by molar-refractivity contribution is 5.84. The number of halogens is 1. The van der Waals surface area contributed by atoms with E-state index in [1.54, 1.807) is 17.9 Å². The molecule has 0 spiro atoms. The van der Waals surface area contributed by atoms with Crippen LogP contribution in [0.4, 0.5) is 4.39 Å². The topological polar surface area (TPSA) is 77.2 Å². The van der Waals surface area contributed by atoms with Gasteiger partial charge in [-0.2, -0.15) is 0 Å². The van der Waals surface area contributed by atoms with E-state index in [9.17, 15) is 14.3 Å². The van der Waals surface area contributed by atoms with Crippen molar-refractivity contribution in [1.29, 1.82) is 0 Å². The highest BCUT2D eigenvalue weighted by Gasteiger charge is 2.59. The molecule has 4 saturated carbocycles. The number of ketones is 1. The molecule has 0 saturated heterocycles. The van der Waals surface area contributed by atoms with Crippen molar-refractivity contribution in [2.75, 3.05) is 13.7 Å². The normalized spacial score (nSPS) is 40.8. The molecule has 0 aliphatic heterocycles. The molecule has 1 aromatic carbocycles. The van der Waals surface area contributed by atoms with Gasteiger partial charge < -0.3 is 9.84 Å².